The molecule has 1 N–H and O–H groups in total. The van der Waals surface area contributed by atoms with E-state index in [0.29, 0.717) is 5.02 Å². The molecule has 0 saturated heterocycles. The summed E-state index contributed by atoms with van der Waals surface area (Å²) >= 11 is 12.1. The summed E-state index contributed by atoms with van der Waals surface area (Å²) in [4.78, 5) is 0. The standard InChI is InChI=1S/C13H19Cl2NO/c1-3-13(16-7-4-8-17-2)11-6-5-10(14)9-12(11)15/h5-6,9,13,16H,3-4,7-8H2,1-2H3. The highest BCUT2D eigenvalue weighted by Crippen LogP contribution is 2.27. The first-order valence-corrected chi connectivity index (χ1v) is 6.62. The number of hydrogen-bond acceptors (Lipinski definition) is 2. The third kappa shape index (κ3) is 4.84. The molecule has 2 nitrogen and oxygen atoms in total. The number of hydrogen-bond donors (Lipinski definition) is 1. The lowest BCUT2D eigenvalue weighted by molar-refractivity contribution is 0.193. The van der Waals surface area contributed by atoms with Crippen molar-refractivity contribution >= 4 is 23.2 Å². The van der Waals surface area contributed by atoms with Crippen molar-refractivity contribution in [3.63, 3.8) is 0 Å². The fraction of sp³-hybridized carbons (Fsp3) is 0.538. The summed E-state index contributed by atoms with van der Waals surface area (Å²) in [6, 6.07) is 5.93. The van der Waals surface area contributed by atoms with Crippen molar-refractivity contribution in [3.8, 4) is 0 Å². The van der Waals surface area contributed by atoms with Crippen molar-refractivity contribution in [2.75, 3.05) is 20.3 Å². The van der Waals surface area contributed by atoms with Crippen LogP contribution >= 0.6 is 23.2 Å². The van der Waals surface area contributed by atoms with Crippen molar-refractivity contribution in [2.24, 2.45) is 0 Å². The number of halogens is 2. The molecule has 0 aromatic heterocycles. The highest BCUT2D eigenvalue weighted by molar-refractivity contribution is 6.35. The molecule has 0 saturated carbocycles. The number of rotatable bonds is 7. The van der Waals surface area contributed by atoms with Gasteiger partial charge in [0, 0.05) is 29.8 Å². The minimum absolute atomic E-state index is 0.275. The van der Waals surface area contributed by atoms with Crippen LogP contribution in [0.3, 0.4) is 0 Å². The van der Waals surface area contributed by atoms with Crippen LogP contribution in [0.2, 0.25) is 10.0 Å². The first-order valence-electron chi connectivity index (χ1n) is 5.86. The van der Waals surface area contributed by atoms with Crippen LogP contribution < -0.4 is 5.32 Å². The van der Waals surface area contributed by atoms with E-state index in [1.165, 1.54) is 0 Å². The second kappa shape index (κ2) is 7.93. The van der Waals surface area contributed by atoms with Gasteiger partial charge in [0.25, 0.3) is 0 Å². The number of ether oxygens (including phenoxy) is 1. The Morgan fingerprint density at radius 3 is 2.71 bits per heavy atom. The largest absolute Gasteiger partial charge is 0.385 e. The van der Waals surface area contributed by atoms with Crippen molar-refractivity contribution in [1.82, 2.24) is 5.32 Å². The van der Waals surface area contributed by atoms with Crippen LogP contribution in [0, 0.1) is 0 Å². The number of methoxy groups -OCH3 is 1. The van der Waals surface area contributed by atoms with Crippen LogP contribution in [0.1, 0.15) is 31.4 Å². The molecule has 1 unspecified atom stereocenters. The summed E-state index contributed by atoms with van der Waals surface area (Å²) in [5.74, 6) is 0. The first-order chi connectivity index (χ1) is 8.19. The minimum atomic E-state index is 0.275. The second-order valence-corrected chi connectivity index (χ2v) is 4.77. The Kier molecular flexibility index (Phi) is 6.90. The summed E-state index contributed by atoms with van der Waals surface area (Å²) in [5.41, 5.74) is 1.11. The van der Waals surface area contributed by atoms with Gasteiger partial charge in [0.05, 0.1) is 0 Å². The molecule has 17 heavy (non-hydrogen) atoms. The summed E-state index contributed by atoms with van der Waals surface area (Å²) in [7, 11) is 1.72. The van der Waals surface area contributed by atoms with Crippen molar-refractivity contribution in [3.05, 3.63) is 33.8 Å². The molecule has 4 heteroatoms. The smallest absolute Gasteiger partial charge is 0.0474 e. The van der Waals surface area contributed by atoms with Crippen LogP contribution in [0.5, 0.6) is 0 Å². The summed E-state index contributed by atoms with van der Waals surface area (Å²) in [6.45, 7) is 3.84. The quantitative estimate of drug-likeness (QED) is 0.758. The van der Waals surface area contributed by atoms with E-state index in [1.54, 1.807) is 13.2 Å². The predicted molar refractivity (Wildman–Crippen MR) is 74.0 cm³/mol. The van der Waals surface area contributed by atoms with Crippen molar-refractivity contribution < 1.29 is 4.74 Å². The predicted octanol–water partition coefficient (Wildman–Crippen LogP) is 4.07. The van der Waals surface area contributed by atoms with Gasteiger partial charge in [-0.2, -0.15) is 0 Å². The lowest BCUT2D eigenvalue weighted by Gasteiger charge is -2.18. The van der Waals surface area contributed by atoms with Gasteiger partial charge < -0.3 is 10.1 Å². The zero-order valence-corrected chi connectivity index (χ0v) is 11.8. The lowest BCUT2D eigenvalue weighted by Crippen LogP contribution is -2.23. The van der Waals surface area contributed by atoms with Gasteiger partial charge in [0.1, 0.15) is 0 Å². The fourth-order valence-corrected chi connectivity index (χ4v) is 2.29. The minimum Gasteiger partial charge on any atom is -0.385 e. The molecule has 0 heterocycles. The SMILES string of the molecule is CCC(NCCCOC)c1ccc(Cl)cc1Cl. The Morgan fingerprint density at radius 2 is 2.12 bits per heavy atom. The number of nitrogens with one attached hydrogen (secondary N) is 1. The third-order valence-electron chi connectivity index (χ3n) is 2.66. The van der Waals surface area contributed by atoms with Crippen LogP contribution in [-0.4, -0.2) is 20.3 Å². The Bertz CT molecular complexity index is 344. The van der Waals surface area contributed by atoms with E-state index >= 15 is 0 Å². The van der Waals surface area contributed by atoms with Crippen LogP contribution in [0.25, 0.3) is 0 Å². The maximum atomic E-state index is 6.19. The third-order valence-corrected chi connectivity index (χ3v) is 3.22. The van der Waals surface area contributed by atoms with Crippen molar-refractivity contribution in [1.29, 1.82) is 0 Å². The fourth-order valence-electron chi connectivity index (χ4n) is 1.75. The highest BCUT2D eigenvalue weighted by atomic mass is 35.5. The molecule has 0 aliphatic heterocycles. The molecular weight excluding hydrogens is 257 g/mol. The molecule has 0 aliphatic carbocycles. The zero-order valence-electron chi connectivity index (χ0n) is 10.3. The van der Waals surface area contributed by atoms with Gasteiger partial charge in [0.2, 0.25) is 0 Å². The normalized spacial score (nSPS) is 12.7. The van der Waals surface area contributed by atoms with Crippen LogP contribution in [0.4, 0.5) is 0 Å². The van der Waals surface area contributed by atoms with E-state index in [9.17, 15) is 0 Å². The molecule has 1 rings (SSSR count). The van der Waals surface area contributed by atoms with E-state index in [-0.39, 0.29) is 6.04 Å². The van der Waals surface area contributed by atoms with Crippen LogP contribution in [0.15, 0.2) is 18.2 Å². The maximum absolute atomic E-state index is 6.19. The first kappa shape index (κ1) is 14.8. The monoisotopic (exact) mass is 275 g/mol. The zero-order chi connectivity index (χ0) is 12.7. The van der Waals surface area contributed by atoms with Gasteiger partial charge in [-0.1, -0.05) is 36.2 Å². The van der Waals surface area contributed by atoms with E-state index in [0.717, 1.165) is 36.6 Å². The Hall–Kier alpha value is -0.280. The molecule has 96 valence electrons. The molecule has 0 aliphatic rings. The van der Waals surface area contributed by atoms with Gasteiger partial charge in [-0.3, -0.25) is 0 Å². The molecular formula is C13H19Cl2NO. The topological polar surface area (TPSA) is 21.3 Å². The molecule has 0 amide bonds. The molecule has 0 radical (unpaired) electrons. The van der Waals surface area contributed by atoms with E-state index in [4.69, 9.17) is 27.9 Å². The van der Waals surface area contributed by atoms with Gasteiger partial charge in [-0.05, 0) is 37.1 Å². The number of benzene rings is 1. The molecule has 0 fully saturated rings. The average molecular weight is 276 g/mol. The molecule has 1 atom stereocenters. The van der Waals surface area contributed by atoms with Crippen LogP contribution in [-0.2, 0) is 4.74 Å². The van der Waals surface area contributed by atoms with Gasteiger partial charge >= 0.3 is 0 Å². The summed E-state index contributed by atoms with van der Waals surface area (Å²) in [6.07, 6.45) is 1.99. The van der Waals surface area contributed by atoms with E-state index < -0.39 is 0 Å². The van der Waals surface area contributed by atoms with Gasteiger partial charge in [-0.15, -0.1) is 0 Å². The molecule has 0 spiro atoms. The maximum Gasteiger partial charge on any atom is 0.0474 e. The lowest BCUT2D eigenvalue weighted by atomic mass is 10.0. The molecule has 1 aromatic carbocycles. The Labute approximate surface area is 113 Å². The Morgan fingerprint density at radius 1 is 1.35 bits per heavy atom. The second-order valence-electron chi connectivity index (χ2n) is 3.93. The van der Waals surface area contributed by atoms with E-state index in [1.807, 2.05) is 12.1 Å². The van der Waals surface area contributed by atoms with E-state index in [2.05, 4.69) is 12.2 Å². The molecule has 1 aromatic rings. The highest BCUT2D eigenvalue weighted by Gasteiger charge is 2.12. The van der Waals surface area contributed by atoms with Gasteiger partial charge in [0.15, 0.2) is 0 Å². The summed E-state index contributed by atoms with van der Waals surface area (Å²) in [5, 5.41) is 4.87. The Balaban J connectivity index is 2.59. The summed E-state index contributed by atoms with van der Waals surface area (Å²) < 4.78 is 5.02. The van der Waals surface area contributed by atoms with Crippen molar-refractivity contribution in [2.45, 2.75) is 25.8 Å². The molecule has 0 bridgehead atoms. The van der Waals surface area contributed by atoms with Gasteiger partial charge in [-0.25, -0.2) is 0 Å². The average Bonchev–Trinajstić information content (AvgIpc) is 2.31.